The molecule has 114 valence electrons. The van der Waals surface area contributed by atoms with Crippen molar-refractivity contribution in [2.75, 3.05) is 19.1 Å². The molecule has 5 heteroatoms. The van der Waals surface area contributed by atoms with E-state index in [4.69, 9.17) is 9.47 Å². The zero-order valence-electron chi connectivity index (χ0n) is 12.5. The van der Waals surface area contributed by atoms with E-state index in [1.165, 1.54) is 12.0 Å². The van der Waals surface area contributed by atoms with Crippen LogP contribution in [-0.2, 0) is 9.59 Å². The predicted molar refractivity (Wildman–Crippen MR) is 79.8 cm³/mol. The molecule has 0 N–H and O–H groups in total. The Balaban J connectivity index is 1.78. The second-order valence-corrected chi connectivity index (χ2v) is 6.05. The minimum absolute atomic E-state index is 0.113. The molecule has 0 aromatic heterocycles. The Morgan fingerprint density at radius 3 is 2.18 bits per heavy atom. The molecule has 1 heterocycles. The van der Waals surface area contributed by atoms with E-state index in [0.717, 1.165) is 6.42 Å². The number of rotatable bonds is 3. The van der Waals surface area contributed by atoms with Gasteiger partial charge in [0.1, 0.15) is 11.5 Å². The average Bonchev–Trinajstić information content (AvgIpc) is 3.21. The fraction of sp³-hybridized carbons (Fsp3) is 0.412. The van der Waals surface area contributed by atoms with Crippen LogP contribution in [0.4, 0.5) is 5.69 Å². The summed E-state index contributed by atoms with van der Waals surface area (Å²) < 4.78 is 10.5. The Labute approximate surface area is 128 Å². The SMILES string of the molecule is COc1ccc(OC)c(N2C(=O)[C@@H]3[C@H](C2=O)[C@@H]2C=C[C@H]3C2)c1. The third kappa shape index (κ3) is 1.59. The summed E-state index contributed by atoms with van der Waals surface area (Å²) in [6.45, 7) is 0. The van der Waals surface area contributed by atoms with Crippen molar-refractivity contribution in [2.45, 2.75) is 6.42 Å². The molecule has 1 saturated carbocycles. The van der Waals surface area contributed by atoms with Crippen LogP contribution in [0.15, 0.2) is 30.4 Å². The van der Waals surface area contributed by atoms with E-state index in [9.17, 15) is 9.59 Å². The molecule has 0 radical (unpaired) electrons. The van der Waals surface area contributed by atoms with E-state index in [2.05, 4.69) is 12.2 Å². The van der Waals surface area contributed by atoms with Gasteiger partial charge in [-0.2, -0.15) is 0 Å². The Morgan fingerprint density at radius 2 is 1.64 bits per heavy atom. The van der Waals surface area contributed by atoms with Gasteiger partial charge in [-0.3, -0.25) is 9.59 Å². The van der Waals surface area contributed by atoms with Crippen LogP contribution in [0, 0.1) is 23.7 Å². The first-order valence-corrected chi connectivity index (χ1v) is 7.44. The Morgan fingerprint density at radius 1 is 1.00 bits per heavy atom. The van der Waals surface area contributed by atoms with Gasteiger partial charge in [-0.05, 0) is 30.4 Å². The van der Waals surface area contributed by atoms with E-state index in [1.807, 2.05) is 0 Å². The number of hydrogen-bond donors (Lipinski definition) is 0. The molecule has 2 fully saturated rings. The molecule has 1 aliphatic heterocycles. The minimum Gasteiger partial charge on any atom is -0.497 e. The van der Waals surface area contributed by atoms with Gasteiger partial charge in [0.05, 0.1) is 31.7 Å². The summed E-state index contributed by atoms with van der Waals surface area (Å²) in [5.41, 5.74) is 0.477. The number of benzene rings is 1. The molecule has 4 rings (SSSR count). The molecule has 1 saturated heterocycles. The number of anilines is 1. The Bertz CT molecular complexity index is 666. The second kappa shape index (κ2) is 4.60. The van der Waals surface area contributed by atoms with Crippen LogP contribution in [0.2, 0.25) is 0 Å². The van der Waals surface area contributed by atoms with Crippen LogP contribution >= 0.6 is 0 Å². The lowest BCUT2D eigenvalue weighted by Gasteiger charge is -2.20. The Kier molecular flexibility index (Phi) is 2.79. The quantitative estimate of drug-likeness (QED) is 0.633. The highest BCUT2D eigenvalue weighted by Gasteiger charge is 2.59. The van der Waals surface area contributed by atoms with Crippen molar-refractivity contribution in [2.24, 2.45) is 23.7 Å². The van der Waals surface area contributed by atoms with Crippen LogP contribution in [-0.4, -0.2) is 26.0 Å². The van der Waals surface area contributed by atoms with E-state index >= 15 is 0 Å². The molecule has 22 heavy (non-hydrogen) atoms. The first-order valence-electron chi connectivity index (χ1n) is 7.44. The number of amides is 2. The lowest BCUT2D eigenvalue weighted by molar-refractivity contribution is -0.123. The molecular formula is C17H17NO4. The number of ether oxygens (including phenoxy) is 2. The van der Waals surface area contributed by atoms with Crippen LogP contribution in [0.25, 0.3) is 0 Å². The number of imide groups is 1. The van der Waals surface area contributed by atoms with Crippen LogP contribution in [0.1, 0.15) is 6.42 Å². The largest absolute Gasteiger partial charge is 0.497 e. The van der Waals surface area contributed by atoms with Crippen LogP contribution in [0.5, 0.6) is 11.5 Å². The van der Waals surface area contributed by atoms with Crippen molar-refractivity contribution >= 4 is 17.5 Å². The first kappa shape index (κ1) is 13.4. The molecular weight excluding hydrogens is 282 g/mol. The fourth-order valence-corrected chi connectivity index (χ4v) is 4.11. The van der Waals surface area contributed by atoms with Crippen molar-refractivity contribution in [1.82, 2.24) is 0 Å². The smallest absolute Gasteiger partial charge is 0.238 e. The van der Waals surface area contributed by atoms with Crippen molar-refractivity contribution in [1.29, 1.82) is 0 Å². The fourth-order valence-electron chi connectivity index (χ4n) is 4.11. The maximum absolute atomic E-state index is 12.8. The van der Waals surface area contributed by atoms with Crippen molar-refractivity contribution < 1.29 is 19.1 Å². The lowest BCUT2D eigenvalue weighted by atomic mass is 9.85. The highest BCUT2D eigenvalue weighted by Crippen LogP contribution is 2.54. The number of nitrogens with zero attached hydrogens (tertiary/aromatic N) is 1. The van der Waals surface area contributed by atoms with Crippen molar-refractivity contribution in [3.8, 4) is 11.5 Å². The van der Waals surface area contributed by atoms with E-state index in [0.29, 0.717) is 17.2 Å². The molecule has 2 aliphatic carbocycles. The first-order chi connectivity index (χ1) is 10.7. The normalized spacial score (nSPS) is 31.8. The molecule has 0 spiro atoms. The monoisotopic (exact) mass is 299 g/mol. The van der Waals surface area contributed by atoms with E-state index in [1.54, 1.807) is 25.3 Å². The number of fused-ring (bicyclic) bond motifs is 5. The lowest BCUT2D eigenvalue weighted by Crippen LogP contribution is -2.33. The average molecular weight is 299 g/mol. The van der Waals surface area contributed by atoms with Gasteiger partial charge in [0.25, 0.3) is 0 Å². The standard InChI is InChI=1S/C17H17NO4/c1-21-11-5-6-13(22-2)12(8-11)18-16(19)14-9-3-4-10(7-9)15(14)17(18)20/h3-6,8-10,14-15H,7H2,1-2H3/t9-,10+,14-,15+. The number of allylic oxidation sites excluding steroid dienone is 2. The maximum Gasteiger partial charge on any atom is 0.238 e. The molecule has 4 atom stereocenters. The molecule has 2 bridgehead atoms. The van der Waals surface area contributed by atoms with Crippen molar-refractivity contribution in [3.05, 3.63) is 30.4 Å². The minimum atomic E-state index is -0.210. The number of methoxy groups -OCH3 is 2. The topological polar surface area (TPSA) is 55.8 Å². The van der Waals surface area contributed by atoms with Crippen LogP contribution < -0.4 is 14.4 Å². The van der Waals surface area contributed by atoms with Crippen LogP contribution in [0.3, 0.4) is 0 Å². The van der Waals surface area contributed by atoms with Gasteiger partial charge in [0.2, 0.25) is 11.8 Å². The molecule has 5 nitrogen and oxygen atoms in total. The van der Waals surface area contributed by atoms with Gasteiger partial charge < -0.3 is 9.47 Å². The summed E-state index contributed by atoms with van der Waals surface area (Å²) in [5.74, 6) is 0.854. The van der Waals surface area contributed by atoms with E-state index in [-0.39, 0.29) is 35.5 Å². The van der Waals surface area contributed by atoms with Gasteiger partial charge in [-0.1, -0.05) is 12.2 Å². The van der Waals surface area contributed by atoms with Crippen molar-refractivity contribution in [3.63, 3.8) is 0 Å². The van der Waals surface area contributed by atoms with Gasteiger partial charge in [0, 0.05) is 6.07 Å². The molecule has 3 aliphatic rings. The Hall–Kier alpha value is -2.30. The zero-order chi connectivity index (χ0) is 15.4. The van der Waals surface area contributed by atoms with Gasteiger partial charge >= 0.3 is 0 Å². The molecule has 0 unspecified atom stereocenters. The highest BCUT2D eigenvalue weighted by molar-refractivity contribution is 6.23. The second-order valence-electron chi connectivity index (χ2n) is 6.05. The number of carbonyl (C=O) groups is 2. The van der Waals surface area contributed by atoms with Gasteiger partial charge in [-0.25, -0.2) is 4.90 Å². The predicted octanol–water partition coefficient (Wildman–Crippen LogP) is 2.02. The van der Waals surface area contributed by atoms with Gasteiger partial charge in [0.15, 0.2) is 0 Å². The highest BCUT2D eigenvalue weighted by atomic mass is 16.5. The summed E-state index contributed by atoms with van der Waals surface area (Å²) in [6, 6.07) is 5.15. The molecule has 1 aromatic carbocycles. The maximum atomic E-state index is 12.8. The number of carbonyl (C=O) groups excluding carboxylic acids is 2. The third-order valence-corrected chi connectivity index (χ3v) is 5.10. The summed E-state index contributed by atoms with van der Waals surface area (Å²) in [4.78, 5) is 27.0. The third-order valence-electron chi connectivity index (χ3n) is 5.10. The molecule has 2 amide bonds. The summed E-state index contributed by atoms with van der Waals surface area (Å²) in [7, 11) is 3.08. The molecule has 1 aromatic rings. The van der Waals surface area contributed by atoms with E-state index < -0.39 is 0 Å². The summed E-state index contributed by atoms with van der Waals surface area (Å²) in [5, 5.41) is 0. The summed E-state index contributed by atoms with van der Waals surface area (Å²) in [6.07, 6.45) is 5.10. The summed E-state index contributed by atoms with van der Waals surface area (Å²) >= 11 is 0. The zero-order valence-corrected chi connectivity index (χ0v) is 12.5. The van der Waals surface area contributed by atoms with Gasteiger partial charge in [-0.15, -0.1) is 0 Å². The number of hydrogen-bond acceptors (Lipinski definition) is 4.